The summed E-state index contributed by atoms with van der Waals surface area (Å²) in [6.07, 6.45) is 6.83. The standard InChI is InChI=1S/C24H36N2O4/c1-3-18(4-2)24(29)25-20-12-10-19(11-13-20)23(28)21-15-30-16-22(27)26(21)14-17-8-6-5-7-9-17/h10-13,17-18,21,23,28H,3-9,14-16H2,1-2H3,(H,25,29)/t21-,23-/m1/s1. The van der Waals surface area contributed by atoms with E-state index < -0.39 is 6.10 Å². The van der Waals surface area contributed by atoms with Crippen LogP contribution in [-0.2, 0) is 14.3 Å². The average molecular weight is 417 g/mol. The van der Waals surface area contributed by atoms with Crippen LogP contribution in [0.15, 0.2) is 24.3 Å². The molecule has 30 heavy (non-hydrogen) atoms. The number of hydrogen-bond acceptors (Lipinski definition) is 4. The lowest BCUT2D eigenvalue weighted by molar-refractivity contribution is -0.155. The number of anilines is 1. The van der Waals surface area contributed by atoms with E-state index in [-0.39, 0.29) is 30.4 Å². The topological polar surface area (TPSA) is 78.9 Å². The predicted molar refractivity (Wildman–Crippen MR) is 117 cm³/mol. The Hall–Kier alpha value is -1.92. The smallest absolute Gasteiger partial charge is 0.249 e. The van der Waals surface area contributed by atoms with Gasteiger partial charge in [-0.2, -0.15) is 0 Å². The van der Waals surface area contributed by atoms with Crippen molar-refractivity contribution in [3.05, 3.63) is 29.8 Å². The number of benzene rings is 1. The van der Waals surface area contributed by atoms with Gasteiger partial charge in [-0.15, -0.1) is 0 Å². The molecule has 0 bridgehead atoms. The first-order valence-corrected chi connectivity index (χ1v) is 11.5. The zero-order valence-electron chi connectivity index (χ0n) is 18.3. The number of amides is 2. The normalized spacial score (nSPS) is 21.7. The molecule has 2 amide bonds. The molecule has 2 atom stereocenters. The lowest BCUT2D eigenvalue weighted by atomic mass is 9.88. The maximum atomic E-state index is 12.6. The Morgan fingerprint density at radius 1 is 1.17 bits per heavy atom. The van der Waals surface area contributed by atoms with Crippen LogP contribution in [0.5, 0.6) is 0 Å². The minimum Gasteiger partial charge on any atom is -0.386 e. The predicted octanol–water partition coefficient (Wildman–Crippen LogP) is 3.90. The first kappa shape index (κ1) is 22.8. The van der Waals surface area contributed by atoms with Gasteiger partial charge in [0, 0.05) is 18.2 Å². The highest BCUT2D eigenvalue weighted by atomic mass is 16.5. The number of aliphatic hydroxyl groups excluding tert-OH is 1. The van der Waals surface area contributed by atoms with Crippen LogP contribution < -0.4 is 5.32 Å². The number of morpholine rings is 1. The number of rotatable bonds is 8. The summed E-state index contributed by atoms with van der Waals surface area (Å²) in [4.78, 5) is 26.7. The fourth-order valence-corrected chi connectivity index (χ4v) is 4.66. The van der Waals surface area contributed by atoms with Crippen LogP contribution in [0.2, 0.25) is 0 Å². The van der Waals surface area contributed by atoms with Crippen LogP contribution in [0.3, 0.4) is 0 Å². The maximum Gasteiger partial charge on any atom is 0.249 e. The van der Waals surface area contributed by atoms with Crippen LogP contribution in [0.25, 0.3) is 0 Å². The quantitative estimate of drug-likeness (QED) is 0.674. The van der Waals surface area contributed by atoms with Gasteiger partial charge in [0.25, 0.3) is 0 Å². The third-order valence-corrected chi connectivity index (χ3v) is 6.66. The molecule has 2 aliphatic rings. The van der Waals surface area contributed by atoms with Crippen LogP contribution >= 0.6 is 0 Å². The minimum absolute atomic E-state index is 0.00834. The van der Waals surface area contributed by atoms with Crippen molar-refractivity contribution in [3.63, 3.8) is 0 Å². The second-order valence-corrected chi connectivity index (χ2v) is 8.70. The summed E-state index contributed by atoms with van der Waals surface area (Å²) in [5.74, 6) is 0.510. The zero-order chi connectivity index (χ0) is 21.5. The minimum atomic E-state index is -0.818. The lowest BCUT2D eigenvalue weighted by Gasteiger charge is -2.40. The van der Waals surface area contributed by atoms with Gasteiger partial charge in [-0.1, -0.05) is 45.2 Å². The largest absolute Gasteiger partial charge is 0.386 e. The molecule has 6 nitrogen and oxygen atoms in total. The van der Waals surface area contributed by atoms with Crippen LogP contribution in [0.4, 0.5) is 5.69 Å². The summed E-state index contributed by atoms with van der Waals surface area (Å²) in [7, 11) is 0. The molecule has 1 aromatic rings. The Labute approximate surface area is 180 Å². The molecule has 1 aromatic carbocycles. The molecule has 1 aliphatic carbocycles. The SMILES string of the molecule is CCC(CC)C(=O)Nc1ccc([C@@H](O)[C@H]2COCC(=O)N2CC2CCCCC2)cc1. The third-order valence-electron chi connectivity index (χ3n) is 6.66. The Bertz CT molecular complexity index is 696. The molecule has 2 N–H and O–H groups in total. The molecule has 0 aromatic heterocycles. The first-order valence-electron chi connectivity index (χ1n) is 11.5. The number of ether oxygens (including phenoxy) is 1. The van der Waals surface area contributed by atoms with Crippen LogP contribution in [0.1, 0.15) is 70.5 Å². The van der Waals surface area contributed by atoms with Crippen LogP contribution in [0, 0.1) is 11.8 Å². The van der Waals surface area contributed by atoms with Crippen molar-refractivity contribution >= 4 is 17.5 Å². The average Bonchev–Trinajstić information content (AvgIpc) is 2.77. The molecule has 0 unspecified atom stereocenters. The second kappa shape index (κ2) is 10.9. The highest BCUT2D eigenvalue weighted by Gasteiger charge is 2.36. The summed E-state index contributed by atoms with van der Waals surface area (Å²) in [6.45, 7) is 5.16. The molecule has 1 heterocycles. The van der Waals surface area contributed by atoms with Crippen molar-refractivity contribution in [2.75, 3.05) is 25.1 Å². The van der Waals surface area contributed by atoms with Gasteiger partial charge < -0.3 is 20.1 Å². The van der Waals surface area contributed by atoms with Gasteiger partial charge in [0.05, 0.1) is 12.6 Å². The summed E-state index contributed by atoms with van der Waals surface area (Å²) < 4.78 is 5.48. The first-order chi connectivity index (χ1) is 14.5. The molecule has 2 fully saturated rings. The molecule has 1 saturated carbocycles. The van der Waals surface area contributed by atoms with Crippen molar-refractivity contribution in [3.8, 4) is 0 Å². The Morgan fingerprint density at radius 2 is 1.83 bits per heavy atom. The van der Waals surface area contributed by atoms with Gasteiger partial charge >= 0.3 is 0 Å². The highest BCUT2D eigenvalue weighted by Crippen LogP contribution is 2.30. The van der Waals surface area contributed by atoms with E-state index in [0.717, 1.165) is 36.9 Å². The summed E-state index contributed by atoms with van der Waals surface area (Å²) in [5, 5.41) is 14.0. The van der Waals surface area contributed by atoms with Gasteiger partial charge in [0.1, 0.15) is 12.7 Å². The molecule has 1 aliphatic heterocycles. The van der Waals surface area contributed by atoms with Crippen LogP contribution in [-0.4, -0.2) is 47.6 Å². The monoisotopic (exact) mass is 416 g/mol. The fourth-order valence-electron chi connectivity index (χ4n) is 4.66. The van der Waals surface area contributed by atoms with Gasteiger partial charge in [0.2, 0.25) is 11.8 Å². The maximum absolute atomic E-state index is 12.6. The van der Waals surface area contributed by atoms with E-state index in [2.05, 4.69) is 5.32 Å². The Kier molecular flexibility index (Phi) is 8.28. The summed E-state index contributed by atoms with van der Waals surface area (Å²) in [6, 6.07) is 6.90. The molecular formula is C24H36N2O4. The Balaban J connectivity index is 1.66. The zero-order valence-corrected chi connectivity index (χ0v) is 18.3. The fraction of sp³-hybridized carbons (Fsp3) is 0.667. The van der Waals surface area contributed by atoms with E-state index in [1.165, 1.54) is 19.3 Å². The van der Waals surface area contributed by atoms with Gasteiger partial charge in [-0.3, -0.25) is 9.59 Å². The lowest BCUT2D eigenvalue weighted by Crippen LogP contribution is -2.53. The van der Waals surface area contributed by atoms with E-state index in [9.17, 15) is 14.7 Å². The van der Waals surface area contributed by atoms with Gasteiger partial charge in [-0.25, -0.2) is 0 Å². The summed E-state index contributed by atoms with van der Waals surface area (Å²) >= 11 is 0. The number of carbonyl (C=O) groups excluding carboxylic acids is 2. The van der Waals surface area contributed by atoms with Gasteiger partial charge in [-0.05, 0) is 49.3 Å². The third kappa shape index (κ3) is 5.61. The molecule has 166 valence electrons. The van der Waals surface area contributed by atoms with Crippen molar-refractivity contribution in [2.45, 2.75) is 70.9 Å². The number of nitrogens with zero attached hydrogens (tertiary/aromatic N) is 1. The van der Waals surface area contributed by atoms with E-state index in [0.29, 0.717) is 19.1 Å². The van der Waals surface area contributed by atoms with Gasteiger partial charge in [0.15, 0.2) is 0 Å². The highest BCUT2D eigenvalue weighted by molar-refractivity contribution is 5.92. The number of hydrogen-bond donors (Lipinski definition) is 2. The molecule has 0 spiro atoms. The van der Waals surface area contributed by atoms with Crippen molar-refractivity contribution in [2.24, 2.45) is 11.8 Å². The number of nitrogens with one attached hydrogen (secondary N) is 1. The number of aliphatic hydroxyl groups is 1. The number of carbonyl (C=O) groups is 2. The van der Waals surface area contributed by atoms with E-state index >= 15 is 0 Å². The molecule has 0 radical (unpaired) electrons. The molecular weight excluding hydrogens is 380 g/mol. The van der Waals surface area contributed by atoms with E-state index in [1.54, 1.807) is 0 Å². The molecule has 1 saturated heterocycles. The van der Waals surface area contributed by atoms with Crippen molar-refractivity contribution in [1.29, 1.82) is 0 Å². The van der Waals surface area contributed by atoms with E-state index in [1.807, 2.05) is 43.0 Å². The molecule has 3 rings (SSSR count). The van der Waals surface area contributed by atoms with E-state index in [4.69, 9.17) is 4.74 Å². The summed E-state index contributed by atoms with van der Waals surface area (Å²) in [5.41, 5.74) is 1.45. The second-order valence-electron chi connectivity index (χ2n) is 8.70. The molecule has 6 heteroatoms. The van der Waals surface area contributed by atoms with Crippen molar-refractivity contribution in [1.82, 2.24) is 4.90 Å². The van der Waals surface area contributed by atoms with Crippen molar-refractivity contribution < 1.29 is 19.4 Å². The Morgan fingerprint density at radius 3 is 2.47 bits per heavy atom.